The molecule has 2 N–H and O–H groups in total. The summed E-state index contributed by atoms with van der Waals surface area (Å²) in [5, 5.41) is 5.42. The standard InChI is InChI=1S/C9H18N2O3/c1-9(2,8(13)10-3)6-11-5-7(12)14-4/h11H,5-6H2,1-4H3,(H,10,13). The third kappa shape index (κ3) is 4.23. The molecule has 0 rings (SSSR count). The molecule has 0 aliphatic rings. The number of hydrogen-bond donors (Lipinski definition) is 2. The van der Waals surface area contributed by atoms with Gasteiger partial charge in [0.05, 0.1) is 19.1 Å². The summed E-state index contributed by atoms with van der Waals surface area (Å²) in [6.07, 6.45) is 0. The van der Waals surface area contributed by atoms with Crippen molar-refractivity contribution in [1.29, 1.82) is 0 Å². The lowest BCUT2D eigenvalue weighted by Crippen LogP contribution is -2.43. The van der Waals surface area contributed by atoms with E-state index in [2.05, 4.69) is 15.4 Å². The molecule has 0 bridgehead atoms. The quantitative estimate of drug-likeness (QED) is 0.591. The van der Waals surface area contributed by atoms with Crippen molar-refractivity contribution < 1.29 is 14.3 Å². The Bertz CT molecular complexity index is 214. The Hall–Kier alpha value is -1.10. The molecule has 14 heavy (non-hydrogen) atoms. The molecule has 1 amide bonds. The first-order valence-electron chi connectivity index (χ1n) is 4.43. The maximum Gasteiger partial charge on any atom is 0.319 e. The van der Waals surface area contributed by atoms with Crippen LogP contribution in [0.3, 0.4) is 0 Å². The van der Waals surface area contributed by atoms with Gasteiger partial charge in [-0.1, -0.05) is 0 Å². The van der Waals surface area contributed by atoms with E-state index >= 15 is 0 Å². The molecule has 0 aliphatic carbocycles. The molecule has 0 aromatic rings. The van der Waals surface area contributed by atoms with E-state index in [1.807, 2.05) is 0 Å². The Balaban J connectivity index is 3.88. The summed E-state index contributed by atoms with van der Waals surface area (Å²) >= 11 is 0. The minimum atomic E-state index is -0.525. The van der Waals surface area contributed by atoms with Crippen molar-refractivity contribution in [3.05, 3.63) is 0 Å². The van der Waals surface area contributed by atoms with Gasteiger partial charge in [-0.15, -0.1) is 0 Å². The fourth-order valence-corrected chi connectivity index (χ4v) is 0.968. The summed E-state index contributed by atoms with van der Waals surface area (Å²) < 4.78 is 4.45. The number of carbonyl (C=O) groups excluding carboxylic acids is 2. The molecule has 0 atom stereocenters. The van der Waals surface area contributed by atoms with Crippen molar-refractivity contribution in [2.45, 2.75) is 13.8 Å². The predicted molar refractivity (Wildman–Crippen MR) is 52.7 cm³/mol. The monoisotopic (exact) mass is 202 g/mol. The maximum absolute atomic E-state index is 11.3. The van der Waals surface area contributed by atoms with Gasteiger partial charge in [0.2, 0.25) is 5.91 Å². The summed E-state index contributed by atoms with van der Waals surface area (Å²) in [5.41, 5.74) is -0.525. The largest absolute Gasteiger partial charge is 0.468 e. The molecular weight excluding hydrogens is 184 g/mol. The van der Waals surface area contributed by atoms with Crippen LogP contribution in [0.2, 0.25) is 0 Å². The number of nitrogens with one attached hydrogen (secondary N) is 2. The zero-order valence-corrected chi connectivity index (χ0v) is 9.14. The average molecular weight is 202 g/mol. The number of ether oxygens (including phenoxy) is 1. The molecule has 0 fully saturated rings. The fraction of sp³-hybridized carbons (Fsp3) is 0.778. The Kier molecular flexibility index (Phi) is 5.15. The highest BCUT2D eigenvalue weighted by Crippen LogP contribution is 2.12. The molecule has 0 saturated heterocycles. The highest BCUT2D eigenvalue weighted by Gasteiger charge is 2.26. The minimum absolute atomic E-state index is 0.0603. The molecule has 0 spiro atoms. The molecule has 0 saturated carbocycles. The van der Waals surface area contributed by atoms with Crippen LogP contribution in [0.15, 0.2) is 0 Å². The molecular formula is C9H18N2O3. The Labute approximate surface area is 84.2 Å². The molecule has 0 heterocycles. The molecule has 0 aliphatic heterocycles. The van der Waals surface area contributed by atoms with Crippen molar-refractivity contribution in [1.82, 2.24) is 10.6 Å². The Morgan fingerprint density at radius 2 is 1.93 bits per heavy atom. The van der Waals surface area contributed by atoms with Crippen molar-refractivity contribution in [3.63, 3.8) is 0 Å². The van der Waals surface area contributed by atoms with Crippen molar-refractivity contribution in [2.24, 2.45) is 5.41 Å². The molecule has 0 radical (unpaired) electrons. The van der Waals surface area contributed by atoms with Crippen LogP contribution in [-0.2, 0) is 14.3 Å². The first-order chi connectivity index (χ1) is 6.44. The third-order valence-electron chi connectivity index (χ3n) is 1.91. The van der Waals surface area contributed by atoms with Crippen molar-refractivity contribution >= 4 is 11.9 Å². The zero-order valence-electron chi connectivity index (χ0n) is 9.14. The Morgan fingerprint density at radius 1 is 1.36 bits per heavy atom. The van der Waals surface area contributed by atoms with Crippen LogP contribution in [0, 0.1) is 5.41 Å². The van der Waals surface area contributed by atoms with E-state index in [1.54, 1.807) is 20.9 Å². The second kappa shape index (κ2) is 5.59. The van der Waals surface area contributed by atoms with E-state index < -0.39 is 5.41 Å². The second-order valence-electron chi connectivity index (χ2n) is 3.64. The van der Waals surface area contributed by atoms with Gasteiger partial charge in [-0.05, 0) is 13.8 Å². The van der Waals surface area contributed by atoms with E-state index in [0.29, 0.717) is 6.54 Å². The summed E-state index contributed by atoms with van der Waals surface area (Å²) in [6.45, 7) is 4.16. The first-order valence-corrected chi connectivity index (χ1v) is 4.43. The maximum atomic E-state index is 11.3. The van der Waals surface area contributed by atoms with Crippen LogP contribution in [0.1, 0.15) is 13.8 Å². The van der Waals surface area contributed by atoms with Gasteiger partial charge in [0, 0.05) is 13.6 Å². The summed E-state index contributed by atoms with van der Waals surface area (Å²) in [6, 6.07) is 0. The van der Waals surface area contributed by atoms with Gasteiger partial charge in [-0.3, -0.25) is 9.59 Å². The van der Waals surface area contributed by atoms with E-state index in [0.717, 1.165) is 0 Å². The van der Waals surface area contributed by atoms with Gasteiger partial charge in [-0.25, -0.2) is 0 Å². The van der Waals surface area contributed by atoms with E-state index in [4.69, 9.17) is 0 Å². The molecule has 82 valence electrons. The smallest absolute Gasteiger partial charge is 0.319 e. The molecule has 0 unspecified atom stereocenters. The summed E-state index contributed by atoms with van der Waals surface area (Å²) in [4.78, 5) is 22.1. The molecule has 5 nitrogen and oxygen atoms in total. The van der Waals surface area contributed by atoms with Gasteiger partial charge < -0.3 is 15.4 Å². The number of amides is 1. The van der Waals surface area contributed by atoms with Crippen LogP contribution >= 0.6 is 0 Å². The average Bonchev–Trinajstić information content (AvgIpc) is 2.15. The topological polar surface area (TPSA) is 67.4 Å². The number of esters is 1. The SMILES string of the molecule is CNC(=O)C(C)(C)CNCC(=O)OC. The van der Waals surface area contributed by atoms with Crippen LogP contribution in [-0.4, -0.2) is 39.1 Å². The van der Waals surface area contributed by atoms with E-state index in [9.17, 15) is 9.59 Å². The van der Waals surface area contributed by atoms with Crippen LogP contribution in [0.5, 0.6) is 0 Å². The van der Waals surface area contributed by atoms with Gasteiger partial charge in [0.1, 0.15) is 0 Å². The lowest BCUT2D eigenvalue weighted by Gasteiger charge is -2.22. The lowest BCUT2D eigenvalue weighted by molar-refractivity contribution is -0.140. The normalized spacial score (nSPS) is 10.9. The van der Waals surface area contributed by atoms with Crippen LogP contribution < -0.4 is 10.6 Å². The highest BCUT2D eigenvalue weighted by atomic mass is 16.5. The van der Waals surface area contributed by atoms with E-state index in [-0.39, 0.29) is 18.4 Å². The van der Waals surface area contributed by atoms with E-state index in [1.165, 1.54) is 7.11 Å². The summed E-state index contributed by atoms with van der Waals surface area (Å²) in [7, 11) is 2.91. The zero-order chi connectivity index (χ0) is 11.2. The van der Waals surface area contributed by atoms with Gasteiger partial charge in [0.15, 0.2) is 0 Å². The van der Waals surface area contributed by atoms with Crippen molar-refractivity contribution in [2.75, 3.05) is 27.2 Å². The fourth-order valence-electron chi connectivity index (χ4n) is 0.968. The summed E-state index contributed by atoms with van der Waals surface area (Å²) in [5.74, 6) is -0.396. The molecule has 0 aromatic carbocycles. The minimum Gasteiger partial charge on any atom is -0.468 e. The number of carbonyl (C=O) groups is 2. The number of hydrogen-bond acceptors (Lipinski definition) is 4. The predicted octanol–water partition coefficient (Wildman–Crippen LogP) is -0.479. The van der Waals surface area contributed by atoms with Gasteiger partial charge >= 0.3 is 5.97 Å². The van der Waals surface area contributed by atoms with Gasteiger partial charge in [0.25, 0.3) is 0 Å². The van der Waals surface area contributed by atoms with Crippen molar-refractivity contribution in [3.8, 4) is 0 Å². The second-order valence-corrected chi connectivity index (χ2v) is 3.64. The van der Waals surface area contributed by atoms with Crippen LogP contribution in [0.25, 0.3) is 0 Å². The third-order valence-corrected chi connectivity index (χ3v) is 1.91. The Morgan fingerprint density at radius 3 is 2.36 bits per heavy atom. The number of rotatable bonds is 5. The highest BCUT2D eigenvalue weighted by molar-refractivity contribution is 5.81. The van der Waals surface area contributed by atoms with Gasteiger partial charge in [-0.2, -0.15) is 0 Å². The lowest BCUT2D eigenvalue weighted by atomic mass is 9.92. The molecule has 5 heteroatoms. The van der Waals surface area contributed by atoms with Crippen LogP contribution in [0.4, 0.5) is 0 Å². The number of methoxy groups -OCH3 is 1. The first kappa shape index (κ1) is 12.9. The molecule has 0 aromatic heterocycles.